The number of carbonyl (C=O) groups excluding carboxylic acids is 1. The van der Waals surface area contributed by atoms with Crippen molar-refractivity contribution >= 4 is 35.9 Å². The molecular weight excluding hydrogens is 501 g/mol. The number of fused-ring (bicyclic) bond motifs is 2. The molecule has 1 fully saturated rings. The molecule has 1 aromatic rings. The lowest BCUT2D eigenvalue weighted by Gasteiger charge is -2.31. The smallest absolute Gasteiger partial charge is 0.264 e. The van der Waals surface area contributed by atoms with Crippen LogP contribution in [0, 0.1) is 5.92 Å². The lowest BCUT2D eigenvalue weighted by molar-refractivity contribution is -0.146. The van der Waals surface area contributed by atoms with Crippen molar-refractivity contribution in [3.8, 4) is 0 Å². The summed E-state index contributed by atoms with van der Waals surface area (Å²) in [6.45, 7) is 12.0. The van der Waals surface area contributed by atoms with E-state index in [2.05, 4.69) is 48.9 Å². The van der Waals surface area contributed by atoms with E-state index < -0.39 is 20.1 Å². The fourth-order valence-corrected chi connectivity index (χ4v) is 8.44. The molecule has 1 spiro atoms. The van der Waals surface area contributed by atoms with E-state index in [1.807, 2.05) is 25.1 Å². The van der Waals surface area contributed by atoms with Crippen LogP contribution in [0.3, 0.4) is 0 Å². The van der Waals surface area contributed by atoms with Crippen molar-refractivity contribution < 1.29 is 18.7 Å². The lowest BCUT2D eigenvalue weighted by atomic mass is 9.82. The number of rotatable bonds is 8. The first kappa shape index (κ1) is 26.3. The molecule has 0 unspecified atom stereocenters. The van der Waals surface area contributed by atoms with Gasteiger partial charge in [-0.2, -0.15) is 0 Å². The Hall–Kier alpha value is -1.28. The number of halogens is 2. The van der Waals surface area contributed by atoms with Crippen LogP contribution in [-0.4, -0.2) is 38.7 Å². The number of ether oxygens (including phenoxy) is 1. The van der Waals surface area contributed by atoms with Crippen LogP contribution in [0.1, 0.15) is 52.5 Å². The van der Waals surface area contributed by atoms with E-state index in [1.54, 1.807) is 18.0 Å². The predicted octanol–water partition coefficient (Wildman–Crippen LogP) is 6.65. The first-order chi connectivity index (χ1) is 15.4. The molecule has 2 aliphatic rings. The highest BCUT2D eigenvalue weighted by molar-refractivity contribution is 9.10. The summed E-state index contributed by atoms with van der Waals surface area (Å²) in [4.78, 5) is 15.8. The Morgan fingerprint density at radius 3 is 2.61 bits per heavy atom. The van der Waals surface area contributed by atoms with E-state index in [0.717, 1.165) is 28.6 Å². The fraction of sp³-hybridized carbons (Fsp3) is 0.577. The van der Waals surface area contributed by atoms with Crippen LogP contribution in [0.5, 0.6) is 0 Å². The molecule has 0 radical (unpaired) electrons. The number of allylic oxidation sites excluding steroid dienone is 3. The highest BCUT2D eigenvalue weighted by atomic mass is 79.9. The van der Waals surface area contributed by atoms with Gasteiger partial charge in [-0.1, -0.05) is 46.2 Å². The maximum atomic E-state index is 15.5. The molecule has 0 saturated carbocycles. The van der Waals surface area contributed by atoms with Gasteiger partial charge in [-0.05, 0) is 71.3 Å². The second-order valence-electron chi connectivity index (χ2n) is 10.2. The molecule has 4 atom stereocenters. The predicted molar refractivity (Wildman–Crippen MR) is 139 cm³/mol. The molecular formula is C26H37BrFNO3Si. The molecule has 1 saturated heterocycles. The topological polar surface area (TPSA) is 49.8 Å². The third-order valence-electron chi connectivity index (χ3n) is 7.05. The summed E-state index contributed by atoms with van der Waals surface area (Å²) in [7, 11) is -3.16. The Morgan fingerprint density at radius 2 is 2.00 bits per heavy atom. The van der Waals surface area contributed by atoms with Crippen LogP contribution in [-0.2, 0) is 15.1 Å². The average molecular weight is 539 g/mol. The second-order valence-corrected chi connectivity index (χ2v) is 14.9. The van der Waals surface area contributed by atoms with Crippen molar-refractivity contribution in [3.05, 3.63) is 51.5 Å². The summed E-state index contributed by atoms with van der Waals surface area (Å²) in [6.07, 6.45) is 6.11. The molecule has 7 heteroatoms. The molecule has 3 rings (SSSR count). The standard InChI is InChI=1S/C26H37BrFNO3Si/c1-17(2)8-7-9-18(3)12-14-29-22-11-10-20(27)16-21(22)26(25(29)31)19(4)24(33(5,6)28)23(32-26)13-15-30/h8,10-12,16,19,23-24,30H,7,9,13-15H2,1-6H3/b18-12+/t19-,23+,24-,26+/m1/s1. The Labute approximate surface area is 207 Å². The molecule has 1 N–H and O–H groups in total. The third-order valence-corrected chi connectivity index (χ3v) is 10.0. The maximum absolute atomic E-state index is 15.5. The normalized spacial score (nSPS) is 27.4. The number of hydrogen-bond donors (Lipinski definition) is 1. The highest BCUT2D eigenvalue weighted by Crippen LogP contribution is 2.60. The van der Waals surface area contributed by atoms with Gasteiger partial charge >= 0.3 is 0 Å². The van der Waals surface area contributed by atoms with Gasteiger partial charge in [0.2, 0.25) is 8.41 Å². The van der Waals surface area contributed by atoms with Crippen molar-refractivity contribution in [1.82, 2.24) is 0 Å². The molecule has 0 aliphatic carbocycles. The van der Waals surface area contributed by atoms with Crippen LogP contribution in [0.25, 0.3) is 0 Å². The first-order valence-corrected chi connectivity index (χ1v) is 15.6. The minimum absolute atomic E-state index is 0.0920. The Bertz CT molecular complexity index is 953. The van der Waals surface area contributed by atoms with Gasteiger partial charge in [-0.3, -0.25) is 4.79 Å². The molecule has 182 valence electrons. The van der Waals surface area contributed by atoms with Crippen LogP contribution >= 0.6 is 15.9 Å². The summed E-state index contributed by atoms with van der Waals surface area (Å²) < 4.78 is 22.9. The zero-order chi connectivity index (χ0) is 24.6. The Kier molecular flexibility index (Phi) is 8.09. The number of anilines is 1. The van der Waals surface area contributed by atoms with Gasteiger partial charge in [0, 0.05) is 34.6 Å². The summed E-state index contributed by atoms with van der Waals surface area (Å²) in [6, 6.07) is 5.82. The van der Waals surface area contributed by atoms with Crippen molar-refractivity contribution in [2.24, 2.45) is 5.92 Å². The highest BCUT2D eigenvalue weighted by Gasteiger charge is 2.66. The largest absolute Gasteiger partial charge is 0.396 e. The number of aliphatic hydroxyl groups is 1. The molecule has 33 heavy (non-hydrogen) atoms. The van der Waals surface area contributed by atoms with E-state index in [4.69, 9.17) is 4.74 Å². The number of benzene rings is 1. The third kappa shape index (κ3) is 5.07. The monoisotopic (exact) mass is 537 g/mol. The van der Waals surface area contributed by atoms with E-state index in [9.17, 15) is 9.90 Å². The number of amides is 1. The van der Waals surface area contributed by atoms with Crippen LogP contribution in [0.4, 0.5) is 9.80 Å². The SMILES string of the molecule is CC(C)=CCC/C(C)=C/CN1C(=O)[C@@]2(O[C@@H](CCO)[C@H]([Si](C)(C)F)[C@H]2C)c2cc(Br)ccc21. The summed E-state index contributed by atoms with van der Waals surface area (Å²) >= 11 is 3.55. The maximum Gasteiger partial charge on any atom is 0.264 e. The minimum atomic E-state index is -3.16. The molecule has 0 bridgehead atoms. The van der Waals surface area contributed by atoms with Crippen LogP contribution in [0.15, 0.2) is 46.0 Å². The number of carbonyl (C=O) groups is 1. The van der Waals surface area contributed by atoms with Gasteiger partial charge in [0.05, 0.1) is 11.8 Å². The van der Waals surface area contributed by atoms with Gasteiger partial charge < -0.3 is 18.9 Å². The van der Waals surface area contributed by atoms with Gasteiger partial charge in [-0.25, -0.2) is 0 Å². The van der Waals surface area contributed by atoms with E-state index >= 15 is 4.11 Å². The van der Waals surface area contributed by atoms with Crippen molar-refractivity contribution in [2.45, 2.75) is 77.3 Å². The average Bonchev–Trinajstić information content (AvgIpc) is 3.13. The molecule has 4 nitrogen and oxygen atoms in total. The molecule has 2 heterocycles. The molecule has 0 aromatic heterocycles. The second kappa shape index (κ2) is 10.1. The lowest BCUT2D eigenvalue weighted by Crippen LogP contribution is -2.45. The molecule has 1 aromatic carbocycles. The van der Waals surface area contributed by atoms with Gasteiger partial charge in [0.15, 0.2) is 5.60 Å². The minimum Gasteiger partial charge on any atom is -0.396 e. The Morgan fingerprint density at radius 1 is 1.30 bits per heavy atom. The molecule has 1 amide bonds. The fourth-order valence-electron chi connectivity index (χ4n) is 5.54. The molecule has 2 aliphatic heterocycles. The van der Waals surface area contributed by atoms with Crippen molar-refractivity contribution in [1.29, 1.82) is 0 Å². The zero-order valence-corrected chi connectivity index (χ0v) is 23.2. The zero-order valence-electron chi connectivity index (χ0n) is 20.6. The van der Waals surface area contributed by atoms with Crippen molar-refractivity contribution in [3.63, 3.8) is 0 Å². The van der Waals surface area contributed by atoms with Gasteiger partial charge in [0.1, 0.15) is 0 Å². The quantitative estimate of drug-likeness (QED) is 0.229. The summed E-state index contributed by atoms with van der Waals surface area (Å²) in [5, 5.41) is 9.63. The summed E-state index contributed by atoms with van der Waals surface area (Å²) in [5.41, 5.74) is 2.57. The number of hydrogen-bond acceptors (Lipinski definition) is 3. The van der Waals surface area contributed by atoms with Crippen molar-refractivity contribution in [2.75, 3.05) is 18.1 Å². The first-order valence-electron chi connectivity index (χ1n) is 11.8. The Balaban J connectivity index is 1.99. The van der Waals surface area contributed by atoms with Gasteiger partial charge in [-0.15, -0.1) is 0 Å². The van der Waals surface area contributed by atoms with Gasteiger partial charge in [0.25, 0.3) is 5.91 Å². The van der Waals surface area contributed by atoms with E-state index in [0.29, 0.717) is 13.0 Å². The van der Waals surface area contributed by atoms with Crippen LogP contribution in [0.2, 0.25) is 18.6 Å². The van der Waals surface area contributed by atoms with E-state index in [-0.39, 0.29) is 24.0 Å². The van der Waals surface area contributed by atoms with Crippen LogP contribution < -0.4 is 4.90 Å². The summed E-state index contributed by atoms with van der Waals surface area (Å²) in [5.74, 6) is -0.450. The number of aliphatic hydroxyl groups excluding tert-OH is 1. The van der Waals surface area contributed by atoms with E-state index in [1.165, 1.54) is 11.1 Å². The number of nitrogens with zero attached hydrogens (tertiary/aromatic N) is 1.